The van der Waals surface area contributed by atoms with Gasteiger partial charge in [-0.15, -0.1) is 45.5 Å². The van der Waals surface area contributed by atoms with Crippen molar-refractivity contribution in [3.05, 3.63) is 27.7 Å². The van der Waals surface area contributed by atoms with Gasteiger partial charge < -0.3 is 15.2 Å². The molecule has 0 saturated heterocycles. The van der Waals surface area contributed by atoms with Crippen molar-refractivity contribution in [1.82, 2.24) is 25.4 Å². The van der Waals surface area contributed by atoms with Crippen molar-refractivity contribution in [3.8, 4) is 0 Å². The van der Waals surface area contributed by atoms with Gasteiger partial charge in [0.2, 0.25) is 0 Å². The van der Waals surface area contributed by atoms with Crippen molar-refractivity contribution in [3.63, 3.8) is 0 Å². The third-order valence-corrected chi connectivity index (χ3v) is 6.82. The van der Waals surface area contributed by atoms with Crippen molar-refractivity contribution >= 4 is 53.0 Å². The monoisotopic (exact) mass is 548 g/mol. The second kappa shape index (κ2) is 12.8. The molecule has 0 aromatic carbocycles. The number of nitrogens with zero attached hydrogens (tertiary/aromatic N) is 4. The third kappa shape index (κ3) is 6.85. The van der Waals surface area contributed by atoms with Gasteiger partial charge in [0.15, 0.2) is 11.1 Å². The summed E-state index contributed by atoms with van der Waals surface area (Å²) in [5.41, 5.74) is 1.32. The number of rotatable bonds is 9. The Morgan fingerprint density at radius 2 is 2.10 bits per heavy atom. The van der Waals surface area contributed by atoms with E-state index < -0.39 is 0 Å². The maximum absolute atomic E-state index is 4.73. The molecule has 1 fully saturated rings. The fourth-order valence-corrected chi connectivity index (χ4v) is 5.06. The van der Waals surface area contributed by atoms with Gasteiger partial charge in [0, 0.05) is 30.4 Å². The zero-order valence-electron chi connectivity index (χ0n) is 17.6. The SMILES string of the molecule is CCNC(=NCc1sccc1C)NCCCc1nnc(SC)n1C1CCCC1.I. The first-order valence-electron chi connectivity index (χ1n) is 10.3. The molecule has 0 atom stereocenters. The molecule has 2 N–H and O–H groups in total. The molecule has 0 spiro atoms. The van der Waals surface area contributed by atoms with Crippen LogP contribution < -0.4 is 10.6 Å². The molecule has 1 aliphatic carbocycles. The Hall–Kier alpha value is -0.810. The fourth-order valence-electron chi connectivity index (χ4n) is 3.66. The summed E-state index contributed by atoms with van der Waals surface area (Å²) < 4.78 is 2.40. The van der Waals surface area contributed by atoms with E-state index in [4.69, 9.17) is 4.99 Å². The molecule has 1 saturated carbocycles. The number of aromatic nitrogens is 3. The Labute approximate surface area is 199 Å². The van der Waals surface area contributed by atoms with Crippen LogP contribution in [0, 0.1) is 6.92 Å². The van der Waals surface area contributed by atoms with Gasteiger partial charge >= 0.3 is 0 Å². The third-order valence-electron chi connectivity index (χ3n) is 5.17. The molecule has 2 aromatic rings. The van der Waals surface area contributed by atoms with Crippen molar-refractivity contribution in [2.75, 3.05) is 19.3 Å². The molecule has 0 aliphatic heterocycles. The van der Waals surface area contributed by atoms with E-state index in [-0.39, 0.29) is 24.0 Å². The topological polar surface area (TPSA) is 67.1 Å². The van der Waals surface area contributed by atoms with Crippen LogP contribution in [0.15, 0.2) is 21.6 Å². The summed E-state index contributed by atoms with van der Waals surface area (Å²) in [5.74, 6) is 2.02. The first-order valence-corrected chi connectivity index (χ1v) is 12.4. The predicted octanol–water partition coefficient (Wildman–Crippen LogP) is 4.79. The van der Waals surface area contributed by atoms with Crippen LogP contribution in [0.3, 0.4) is 0 Å². The van der Waals surface area contributed by atoms with Gasteiger partial charge in [-0.05, 0) is 56.4 Å². The molecule has 0 unspecified atom stereocenters. The maximum Gasteiger partial charge on any atom is 0.191 e. The van der Waals surface area contributed by atoms with Crippen LogP contribution >= 0.6 is 47.1 Å². The van der Waals surface area contributed by atoms with Crippen LogP contribution in [0.2, 0.25) is 0 Å². The molecular formula is C20H33IN6S2. The second-order valence-corrected chi connectivity index (χ2v) is 8.94. The van der Waals surface area contributed by atoms with Crippen LogP contribution in [-0.4, -0.2) is 40.1 Å². The highest BCUT2D eigenvalue weighted by Crippen LogP contribution is 2.33. The number of thiophene rings is 1. The van der Waals surface area contributed by atoms with Gasteiger partial charge in [-0.25, -0.2) is 4.99 Å². The lowest BCUT2D eigenvalue weighted by Crippen LogP contribution is -2.37. The van der Waals surface area contributed by atoms with E-state index in [9.17, 15) is 0 Å². The average molecular weight is 549 g/mol. The molecule has 2 heterocycles. The van der Waals surface area contributed by atoms with Crippen molar-refractivity contribution in [2.24, 2.45) is 4.99 Å². The second-order valence-electron chi connectivity index (χ2n) is 7.16. The maximum atomic E-state index is 4.73. The summed E-state index contributed by atoms with van der Waals surface area (Å²) in [6, 6.07) is 2.74. The first-order chi connectivity index (χ1) is 13.7. The lowest BCUT2D eigenvalue weighted by atomic mass is 10.2. The largest absolute Gasteiger partial charge is 0.357 e. The Morgan fingerprint density at radius 1 is 1.31 bits per heavy atom. The summed E-state index contributed by atoms with van der Waals surface area (Å²) in [6.45, 7) is 6.71. The van der Waals surface area contributed by atoms with E-state index in [0.717, 1.165) is 49.4 Å². The molecule has 6 nitrogen and oxygen atoms in total. The number of nitrogens with one attached hydrogen (secondary N) is 2. The van der Waals surface area contributed by atoms with Gasteiger partial charge in [-0.3, -0.25) is 0 Å². The van der Waals surface area contributed by atoms with Crippen molar-refractivity contribution in [1.29, 1.82) is 0 Å². The van der Waals surface area contributed by atoms with Gasteiger partial charge in [0.25, 0.3) is 0 Å². The van der Waals surface area contributed by atoms with Crippen molar-refractivity contribution < 1.29 is 0 Å². The lowest BCUT2D eigenvalue weighted by Gasteiger charge is -2.16. The summed E-state index contributed by atoms with van der Waals surface area (Å²) >= 11 is 3.48. The quantitative estimate of drug-likeness (QED) is 0.155. The van der Waals surface area contributed by atoms with E-state index in [1.165, 1.54) is 36.1 Å². The van der Waals surface area contributed by atoms with Crippen LogP contribution in [0.1, 0.15) is 61.3 Å². The zero-order valence-corrected chi connectivity index (χ0v) is 21.6. The summed E-state index contributed by atoms with van der Waals surface area (Å²) in [6.07, 6.45) is 9.22. The Balaban J connectivity index is 0.00000300. The van der Waals surface area contributed by atoms with E-state index in [1.807, 2.05) is 0 Å². The minimum atomic E-state index is 0. The normalized spacial score (nSPS) is 14.8. The minimum Gasteiger partial charge on any atom is -0.357 e. The van der Waals surface area contributed by atoms with Gasteiger partial charge in [-0.2, -0.15) is 0 Å². The Kier molecular flexibility index (Phi) is 10.8. The molecule has 0 bridgehead atoms. The molecular weight excluding hydrogens is 515 g/mol. The highest BCUT2D eigenvalue weighted by Gasteiger charge is 2.23. The number of guanidine groups is 1. The smallest absolute Gasteiger partial charge is 0.191 e. The molecule has 9 heteroatoms. The fraction of sp³-hybridized carbons (Fsp3) is 0.650. The average Bonchev–Trinajstić information content (AvgIpc) is 3.43. The summed E-state index contributed by atoms with van der Waals surface area (Å²) in [7, 11) is 0. The number of aryl methyl sites for hydroxylation is 2. The molecule has 1 aliphatic rings. The van der Waals surface area contributed by atoms with Crippen LogP contribution in [-0.2, 0) is 13.0 Å². The van der Waals surface area contributed by atoms with Crippen LogP contribution in [0.25, 0.3) is 0 Å². The number of halogens is 1. The molecule has 162 valence electrons. The molecule has 0 radical (unpaired) electrons. The highest BCUT2D eigenvalue weighted by atomic mass is 127. The zero-order chi connectivity index (χ0) is 19.8. The molecule has 3 rings (SSSR count). The summed E-state index contributed by atoms with van der Waals surface area (Å²) in [4.78, 5) is 6.05. The molecule has 2 aromatic heterocycles. The van der Waals surface area contributed by atoms with E-state index >= 15 is 0 Å². The number of thioether (sulfide) groups is 1. The first kappa shape index (κ1) is 24.5. The number of hydrogen-bond acceptors (Lipinski definition) is 5. The lowest BCUT2D eigenvalue weighted by molar-refractivity contribution is 0.460. The standard InChI is InChI=1S/C20H32N6S2.HI/c1-4-21-19(23-14-17-15(2)11-13-28-17)22-12-7-10-18-24-25-20(27-3)26(18)16-8-5-6-9-16;/h11,13,16H,4-10,12,14H2,1-3H3,(H2,21,22,23);1H. The molecule has 29 heavy (non-hydrogen) atoms. The van der Waals surface area contributed by atoms with E-state index in [0.29, 0.717) is 6.04 Å². The van der Waals surface area contributed by atoms with Gasteiger partial charge in [0.05, 0.1) is 6.54 Å². The van der Waals surface area contributed by atoms with Gasteiger partial charge in [-0.1, -0.05) is 24.6 Å². The molecule has 0 amide bonds. The van der Waals surface area contributed by atoms with Gasteiger partial charge in [0.1, 0.15) is 5.82 Å². The Bertz CT molecular complexity index is 767. The number of aliphatic imine (C=N–C) groups is 1. The Morgan fingerprint density at radius 3 is 2.76 bits per heavy atom. The van der Waals surface area contributed by atoms with Crippen LogP contribution in [0.4, 0.5) is 0 Å². The van der Waals surface area contributed by atoms with E-state index in [2.05, 4.69) is 56.9 Å². The van der Waals surface area contributed by atoms with Crippen LogP contribution in [0.5, 0.6) is 0 Å². The highest BCUT2D eigenvalue weighted by molar-refractivity contribution is 14.0. The predicted molar refractivity (Wildman–Crippen MR) is 135 cm³/mol. The summed E-state index contributed by atoms with van der Waals surface area (Å²) in [5, 5.41) is 18.9. The van der Waals surface area contributed by atoms with E-state index in [1.54, 1.807) is 23.1 Å². The minimum absolute atomic E-state index is 0. The van der Waals surface area contributed by atoms with Crippen molar-refractivity contribution in [2.45, 2.75) is 70.1 Å². The number of hydrogen-bond donors (Lipinski definition) is 2.